The molecule has 8 aromatic rings. The van der Waals surface area contributed by atoms with Crippen LogP contribution >= 0.6 is 11.6 Å². The van der Waals surface area contributed by atoms with Gasteiger partial charge in [-0.15, -0.1) is 11.6 Å². The number of fused-ring (bicyclic) bond motifs is 4. The molecule has 1 aliphatic rings. The normalized spacial score (nSPS) is 13.2. The summed E-state index contributed by atoms with van der Waals surface area (Å²) in [5, 5.41) is 3.74. The third-order valence-electron chi connectivity index (χ3n) is 11.7. The number of halogens is 1. The molecule has 65 heavy (non-hydrogen) atoms. The summed E-state index contributed by atoms with van der Waals surface area (Å²) in [4.78, 5) is 40.1. The molecule has 16 heteroatoms. The van der Waals surface area contributed by atoms with Gasteiger partial charge in [0, 0.05) is 78.1 Å². The van der Waals surface area contributed by atoms with Crippen molar-refractivity contribution in [2.75, 3.05) is 72.6 Å². The van der Waals surface area contributed by atoms with E-state index in [0.29, 0.717) is 82.9 Å². The Balaban J connectivity index is 0.000000184. The van der Waals surface area contributed by atoms with Crippen LogP contribution in [0.3, 0.4) is 0 Å². The van der Waals surface area contributed by atoms with Crippen molar-refractivity contribution in [2.45, 2.75) is 34.6 Å². The molecule has 0 amide bonds. The molecule has 0 aliphatic carbocycles. The minimum atomic E-state index is 0.212. The van der Waals surface area contributed by atoms with Gasteiger partial charge in [0.2, 0.25) is 11.8 Å². The monoisotopic (exact) mass is 900 g/mol. The molecule has 15 nitrogen and oxygen atoms in total. The predicted octanol–water partition coefficient (Wildman–Crippen LogP) is 9.26. The maximum absolute atomic E-state index is 11.3. The van der Waals surface area contributed by atoms with Crippen LogP contribution in [0.1, 0.15) is 29.4 Å². The van der Waals surface area contributed by atoms with E-state index < -0.39 is 0 Å². The quantitative estimate of drug-likeness (QED) is 0.0938. The van der Waals surface area contributed by atoms with E-state index in [2.05, 4.69) is 67.4 Å². The summed E-state index contributed by atoms with van der Waals surface area (Å²) in [6, 6.07) is 19.3. The number of carbonyl (C=O) groups is 1. The van der Waals surface area contributed by atoms with E-state index >= 15 is 0 Å². The van der Waals surface area contributed by atoms with Gasteiger partial charge in [-0.25, -0.2) is 19.9 Å². The minimum absolute atomic E-state index is 0.212. The third kappa shape index (κ3) is 10.2. The number of alkyl halides is 1. The Morgan fingerprint density at radius 2 is 1.09 bits per heavy atom. The van der Waals surface area contributed by atoms with Gasteiger partial charge in [0.05, 0.1) is 48.5 Å². The van der Waals surface area contributed by atoms with Gasteiger partial charge in [0.15, 0.2) is 23.0 Å². The van der Waals surface area contributed by atoms with E-state index in [9.17, 15) is 4.79 Å². The van der Waals surface area contributed by atoms with E-state index in [4.69, 9.17) is 40.0 Å². The molecule has 4 aromatic heterocycles. The molecule has 0 radical (unpaired) electrons. The number of benzene rings is 4. The maximum atomic E-state index is 11.3. The maximum Gasteiger partial charge on any atom is 0.230 e. The van der Waals surface area contributed by atoms with E-state index in [1.807, 2.05) is 54.6 Å². The number of rotatable bonds is 15. The SMILES string of the molecule is COc1cc2c(Oc3ccc4[nH]c(C)c(C)c4c3)ncnc2cc1OCCCl.COc1cc2c(Oc3ccc4[nH]c(C)c(C)c4c3)ncnc2cc1OCCN1CCN(CC(C)=O)CC1. The Kier molecular flexibility index (Phi) is 13.8. The lowest BCUT2D eigenvalue weighted by atomic mass is 10.1. The van der Waals surface area contributed by atoms with E-state index in [1.165, 1.54) is 23.8 Å². The van der Waals surface area contributed by atoms with Gasteiger partial charge in [-0.1, -0.05) is 0 Å². The second kappa shape index (κ2) is 20.0. The lowest BCUT2D eigenvalue weighted by Crippen LogP contribution is -2.48. The molecule has 2 N–H and O–H groups in total. The summed E-state index contributed by atoms with van der Waals surface area (Å²) in [7, 11) is 3.21. The van der Waals surface area contributed by atoms with E-state index in [0.717, 1.165) is 76.7 Å². The van der Waals surface area contributed by atoms with E-state index in [-0.39, 0.29) is 5.78 Å². The van der Waals surface area contributed by atoms with Crippen molar-refractivity contribution < 1.29 is 33.2 Å². The number of hydrogen-bond acceptors (Lipinski definition) is 13. The van der Waals surface area contributed by atoms with Crippen LogP contribution in [0.15, 0.2) is 73.3 Å². The van der Waals surface area contributed by atoms with Gasteiger partial charge in [0.1, 0.15) is 43.2 Å². The molecule has 1 aliphatic heterocycles. The standard InChI is InChI=1S/C28H33N5O4.C21H20ClN3O3/c1-18(34)16-33-9-7-32(8-10-33)11-12-36-27-15-25-23(14-26(27)35-4)28(30-17-29-25)37-21-5-6-24-22(13-21)19(2)20(3)31-24;1-12-13(2)25-17-5-4-14(8-15(12)17)28-21-16-9-19(26-3)20(27-7-6-22)10-18(16)23-11-24-21/h5-6,13-15,17,31H,7-12,16H2,1-4H3;4-5,8-11,25H,6-7H2,1-3H3. The average molecular weight is 901 g/mol. The number of aromatic nitrogens is 6. The molecule has 1 fully saturated rings. The van der Waals surface area contributed by atoms with Gasteiger partial charge < -0.3 is 38.4 Å². The van der Waals surface area contributed by atoms with Gasteiger partial charge in [-0.2, -0.15) is 0 Å². The van der Waals surface area contributed by atoms with Gasteiger partial charge in [-0.05, 0) is 94.3 Å². The van der Waals surface area contributed by atoms with Crippen LogP contribution in [0.4, 0.5) is 0 Å². The molecule has 0 unspecified atom stereocenters. The number of piperazine rings is 1. The highest BCUT2D eigenvalue weighted by atomic mass is 35.5. The summed E-state index contributed by atoms with van der Waals surface area (Å²) < 4.78 is 35.1. The molecule has 4 aromatic carbocycles. The highest BCUT2D eigenvalue weighted by Gasteiger charge is 2.19. The van der Waals surface area contributed by atoms with Crippen molar-refractivity contribution in [2.24, 2.45) is 0 Å². The number of carbonyl (C=O) groups excluding carboxylic acids is 1. The Labute approximate surface area is 381 Å². The average Bonchev–Trinajstić information content (AvgIpc) is 3.76. The van der Waals surface area contributed by atoms with Crippen molar-refractivity contribution in [3.8, 4) is 46.3 Å². The van der Waals surface area contributed by atoms with Gasteiger partial charge >= 0.3 is 0 Å². The van der Waals surface area contributed by atoms with Crippen LogP contribution in [-0.4, -0.2) is 118 Å². The van der Waals surface area contributed by atoms with Gasteiger partial charge in [-0.3, -0.25) is 14.6 Å². The number of methoxy groups -OCH3 is 2. The Morgan fingerprint density at radius 1 is 0.615 bits per heavy atom. The molecule has 338 valence electrons. The summed E-state index contributed by atoms with van der Waals surface area (Å²) in [6.07, 6.45) is 2.97. The molecular formula is C49H53ClN8O7. The molecule has 0 saturated carbocycles. The first kappa shape index (κ1) is 44.9. The van der Waals surface area contributed by atoms with Crippen LogP contribution in [-0.2, 0) is 4.79 Å². The van der Waals surface area contributed by atoms with Crippen LogP contribution in [0.5, 0.6) is 46.3 Å². The number of ether oxygens (including phenoxy) is 6. The first-order valence-electron chi connectivity index (χ1n) is 21.5. The highest BCUT2D eigenvalue weighted by molar-refractivity contribution is 6.18. The van der Waals surface area contributed by atoms with Crippen molar-refractivity contribution >= 4 is 61.0 Å². The molecule has 0 bridgehead atoms. The Hall–Kier alpha value is -6.68. The van der Waals surface area contributed by atoms with Crippen molar-refractivity contribution in [3.05, 3.63) is 95.8 Å². The summed E-state index contributed by atoms with van der Waals surface area (Å²) in [5.74, 6) is 5.32. The van der Waals surface area contributed by atoms with Crippen LogP contribution in [0, 0.1) is 27.7 Å². The number of ketones is 1. The first-order valence-corrected chi connectivity index (χ1v) is 22.0. The first-order chi connectivity index (χ1) is 31.5. The third-order valence-corrected chi connectivity index (χ3v) is 11.8. The zero-order chi connectivity index (χ0) is 45.6. The fourth-order valence-electron chi connectivity index (χ4n) is 7.94. The molecular weight excluding hydrogens is 848 g/mol. The molecule has 0 atom stereocenters. The Bertz CT molecular complexity index is 2980. The van der Waals surface area contributed by atoms with Gasteiger partial charge in [0.25, 0.3) is 0 Å². The minimum Gasteiger partial charge on any atom is -0.493 e. The smallest absolute Gasteiger partial charge is 0.230 e. The summed E-state index contributed by atoms with van der Waals surface area (Å²) in [5.41, 5.74) is 8.28. The van der Waals surface area contributed by atoms with Crippen molar-refractivity contribution in [1.82, 2.24) is 39.7 Å². The second-order valence-electron chi connectivity index (χ2n) is 16.0. The molecule has 9 rings (SSSR count). The lowest BCUT2D eigenvalue weighted by Gasteiger charge is -2.34. The number of nitrogens with zero attached hydrogens (tertiary/aromatic N) is 6. The number of Topliss-reactive ketones (excluding diaryl/α,β-unsaturated/α-hetero) is 1. The topological polar surface area (TPSA) is 162 Å². The van der Waals surface area contributed by atoms with Crippen molar-refractivity contribution in [1.29, 1.82) is 0 Å². The van der Waals surface area contributed by atoms with Crippen molar-refractivity contribution in [3.63, 3.8) is 0 Å². The van der Waals surface area contributed by atoms with Crippen LogP contribution in [0.2, 0.25) is 0 Å². The fraction of sp³-hybridized carbons (Fsp3) is 0.327. The summed E-state index contributed by atoms with van der Waals surface area (Å²) in [6.45, 7) is 15.8. The number of aryl methyl sites for hydroxylation is 4. The molecule has 0 spiro atoms. The summed E-state index contributed by atoms with van der Waals surface area (Å²) >= 11 is 5.72. The largest absolute Gasteiger partial charge is 0.493 e. The number of H-pyrrole nitrogens is 2. The predicted molar refractivity (Wildman–Crippen MR) is 253 cm³/mol. The zero-order valence-corrected chi connectivity index (χ0v) is 38.5. The number of aromatic amines is 2. The lowest BCUT2D eigenvalue weighted by molar-refractivity contribution is -0.118. The number of hydrogen-bond donors (Lipinski definition) is 2. The van der Waals surface area contributed by atoms with E-state index in [1.54, 1.807) is 27.2 Å². The molecule has 1 saturated heterocycles. The zero-order valence-electron chi connectivity index (χ0n) is 37.7. The highest BCUT2D eigenvalue weighted by Crippen LogP contribution is 2.39. The Morgan fingerprint density at radius 3 is 1.55 bits per heavy atom. The van der Waals surface area contributed by atoms with Crippen LogP contribution < -0.4 is 28.4 Å². The second-order valence-corrected chi connectivity index (χ2v) is 16.4. The number of nitrogens with one attached hydrogen (secondary N) is 2. The van der Waals surface area contributed by atoms with Crippen LogP contribution in [0.25, 0.3) is 43.6 Å². The fourth-order valence-corrected chi connectivity index (χ4v) is 8.02. The molecule has 5 heterocycles.